The molecule has 0 aliphatic heterocycles. The number of non-ortho nitro benzene ring substituents is 2. The Labute approximate surface area is 141 Å². The van der Waals surface area contributed by atoms with Crippen LogP contribution >= 0.6 is 0 Å². The van der Waals surface area contributed by atoms with E-state index in [0.717, 1.165) is 12.1 Å². The number of hydrogen-bond acceptors (Lipinski definition) is 7. The number of nitrogens with zero attached hydrogens (tertiary/aromatic N) is 3. The highest BCUT2D eigenvalue weighted by atomic mass is 16.6. The highest BCUT2D eigenvalue weighted by Gasteiger charge is 2.17. The molecule has 0 fully saturated rings. The minimum Gasteiger partial charge on any atom is -0.504 e. The van der Waals surface area contributed by atoms with Gasteiger partial charge in [-0.1, -0.05) is 0 Å². The summed E-state index contributed by atoms with van der Waals surface area (Å²) in [4.78, 5) is 20.4. The molecular weight excluding hydrogens is 330 g/mol. The molecule has 0 saturated heterocycles. The average molecular weight is 341 g/mol. The van der Waals surface area contributed by atoms with Gasteiger partial charge in [0.05, 0.1) is 34.7 Å². The molecule has 0 atom stereocenters. The van der Waals surface area contributed by atoms with Crippen LogP contribution in [0.15, 0.2) is 36.4 Å². The number of hydrogen-bond donors (Lipinski definition) is 1. The smallest absolute Gasteiger partial charge is 0.274 e. The molecule has 126 valence electrons. The quantitative estimate of drug-likeness (QED) is 0.381. The largest absolute Gasteiger partial charge is 0.504 e. The highest BCUT2D eigenvalue weighted by molar-refractivity contribution is 5.91. The fraction of sp³-hybridized carbons (Fsp3) is 0.0625. The van der Waals surface area contributed by atoms with Crippen molar-refractivity contribution in [1.82, 2.24) is 0 Å². The number of allylic oxidation sites excluding steroid dienone is 1. The first-order valence-electron chi connectivity index (χ1n) is 6.79. The summed E-state index contributed by atoms with van der Waals surface area (Å²) in [6.07, 6.45) is 1.24. The Morgan fingerprint density at radius 1 is 1.16 bits per heavy atom. The van der Waals surface area contributed by atoms with Crippen molar-refractivity contribution in [2.24, 2.45) is 0 Å². The molecule has 0 radical (unpaired) electrons. The maximum absolute atomic E-state index is 11.0. The second kappa shape index (κ2) is 7.10. The number of rotatable bonds is 5. The van der Waals surface area contributed by atoms with Gasteiger partial charge in [-0.05, 0) is 23.8 Å². The zero-order valence-electron chi connectivity index (χ0n) is 12.9. The zero-order chi connectivity index (χ0) is 18.6. The molecule has 2 aromatic carbocycles. The van der Waals surface area contributed by atoms with E-state index in [1.54, 1.807) is 0 Å². The Bertz CT molecular complexity index is 913. The molecule has 0 unspecified atom stereocenters. The van der Waals surface area contributed by atoms with Crippen molar-refractivity contribution in [1.29, 1.82) is 5.26 Å². The summed E-state index contributed by atoms with van der Waals surface area (Å²) in [6.45, 7) is 0. The fourth-order valence-electron chi connectivity index (χ4n) is 2.08. The monoisotopic (exact) mass is 341 g/mol. The van der Waals surface area contributed by atoms with Gasteiger partial charge in [-0.3, -0.25) is 20.2 Å². The number of nitro benzene ring substituents is 2. The van der Waals surface area contributed by atoms with Crippen LogP contribution in [0.25, 0.3) is 11.6 Å². The van der Waals surface area contributed by atoms with Crippen LogP contribution in [-0.2, 0) is 0 Å². The lowest BCUT2D eigenvalue weighted by molar-refractivity contribution is -0.385. The molecular formula is C16H11N3O6. The summed E-state index contributed by atoms with van der Waals surface area (Å²) in [5, 5.41) is 41.1. The van der Waals surface area contributed by atoms with Crippen molar-refractivity contribution in [3.63, 3.8) is 0 Å². The highest BCUT2D eigenvalue weighted by Crippen LogP contribution is 2.36. The first-order chi connectivity index (χ1) is 11.9. The molecule has 0 aliphatic carbocycles. The number of phenols is 1. The number of benzene rings is 2. The molecule has 25 heavy (non-hydrogen) atoms. The number of phenolic OH excluding ortho intramolecular Hbond substituents is 1. The summed E-state index contributed by atoms with van der Waals surface area (Å²) >= 11 is 0. The maximum Gasteiger partial charge on any atom is 0.274 e. The standard InChI is InChI=1S/C16H11N3O6/c1-25-15-8-14(19(23)24)7-11(16(15)20)6-12(9-17)10-2-4-13(5-3-10)18(21)22/h2-8,20H,1H3. The predicted octanol–water partition coefficient (Wildman–Crippen LogP) is 3.28. The van der Waals surface area contributed by atoms with Crippen molar-refractivity contribution >= 4 is 23.0 Å². The van der Waals surface area contributed by atoms with Crippen LogP contribution in [0.3, 0.4) is 0 Å². The van der Waals surface area contributed by atoms with Crippen LogP contribution in [0.5, 0.6) is 11.5 Å². The second-order valence-corrected chi connectivity index (χ2v) is 4.82. The molecule has 0 heterocycles. The first kappa shape index (κ1) is 17.4. The lowest BCUT2D eigenvalue weighted by Gasteiger charge is -2.07. The molecule has 0 amide bonds. The molecule has 2 rings (SSSR count). The van der Waals surface area contributed by atoms with Gasteiger partial charge in [0.2, 0.25) is 0 Å². The summed E-state index contributed by atoms with van der Waals surface area (Å²) in [7, 11) is 1.24. The van der Waals surface area contributed by atoms with E-state index in [2.05, 4.69) is 0 Å². The summed E-state index contributed by atoms with van der Waals surface area (Å²) in [6, 6.07) is 9.27. The number of methoxy groups -OCH3 is 1. The van der Waals surface area contributed by atoms with Gasteiger partial charge in [0.15, 0.2) is 11.5 Å². The third-order valence-corrected chi connectivity index (χ3v) is 3.33. The molecule has 9 heteroatoms. The van der Waals surface area contributed by atoms with E-state index in [-0.39, 0.29) is 34.0 Å². The fourth-order valence-corrected chi connectivity index (χ4v) is 2.08. The van der Waals surface area contributed by atoms with E-state index in [9.17, 15) is 30.6 Å². The maximum atomic E-state index is 11.0. The zero-order valence-corrected chi connectivity index (χ0v) is 12.9. The number of nitriles is 1. The van der Waals surface area contributed by atoms with Crippen molar-refractivity contribution < 1.29 is 19.7 Å². The molecule has 0 saturated carbocycles. The van der Waals surface area contributed by atoms with Gasteiger partial charge in [-0.15, -0.1) is 0 Å². The molecule has 9 nitrogen and oxygen atoms in total. The van der Waals surface area contributed by atoms with Crippen LogP contribution in [0.4, 0.5) is 11.4 Å². The molecule has 0 aromatic heterocycles. The number of ether oxygens (including phenoxy) is 1. The summed E-state index contributed by atoms with van der Waals surface area (Å²) in [5.41, 5.74) is -0.0190. The van der Waals surface area contributed by atoms with Gasteiger partial charge in [-0.25, -0.2) is 0 Å². The van der Waals surface area contributed by atoms with E-state index in [1.165, 1.54) is 37.5 Å². The van der Waals surface area contributed by atoms with Crippen LogP contribution in [0.1, 0.15) is 11.1 Å². The van der Waals surface area contributed by atoms with Crippen molar-refractivity contribution in [2.45, 2.75) is 0 Å². The van der Waals surface area contributed by atoms with E-state index >= 15 is 0 Å². The topological polar surface area (TPSA) is 140 Å². The van der Waals surface area contributed by atoms with Gasteiger partial charge < -0.3 is 9.84 Å². The van der Waals surface area contributed by atoms with Gasteiger partial charge in [0, 0.05) is 23.8 Å². The Morgan fingerprint density at radius 3 is 2.24 bits per heavy atom. The van der Waals surface area contributed by atoms with Crippen molar-refractivity contribution in [3.8, 4) is 17.6 Å². The van der Waals surface area contributed by atoms with Gasteiger partial charge in [-0.2, -0.15) is 5.26 Å². The van der Waals surface area contributed by atoms with Crippen LogP contribution in [0, 0.1) is 31.6 Å². The minimum atomic E-state index is -0.656. The molecule has 1 N–H and O–H groups in total. The second-order valence-electron chi connectivity index (χ2n) is 4.82. The van der Waals surface area contributed by atoms with E-state index in [0.29, 0.717) is 5.56 Å². The Kier molecular flexibility index (Phi) is 4.95. The summed E-state index contributed by atoms with van der Waals surface area (Å²) in [5.74, 6) is -0.468. The Hall–Kier alpha value is -3.93. The lowest BCUT2D eigenvalue weighted by atomic mass is 10.0. The van der Waals surface area contributed by atoms with Gasteiger partial charge in [0.25, 0.3) is 11.4 Å². The van der Waals surface area contributed by atoms with E-state index in [4.69, 9.17) is 4.74 Å². The van der Waals surface area contributed by atoms with Gasteiger partial charge >= 0.3 is 0 Å². The van der Waals surface area contributed by atoms with Crippen LogP contribution in [-0.4, -0.2) is 22.1 Å². The van der Waals surface area contributed by atoms with Crippen molar-refractivity contribution in [3.05, 3.63) is 67.8 Å². The first-order valence-corrected chi connectivity index (χ1v) is 6.79. The van der Waals surface area contributed by atoms with E-state index < -0.39 is 9.85 Å². The predicted molar refractivity (Wildman–Crippen MR) is 87.9 cm³/mol. The summed E-state index contributed by atoms with van der Waals surface area (Å²) < 4.78 is 4.90. The van der Waals surface area contributed by atoms with Crippen molar-refractivity contribution in [2.75, 3.05) is 7.11 Å². The van der Waals surface area contributed by atoms with E-state index in [1.807, 2.05) is 6.07 Å². The van der Waals surface area contributed by atoms with Crippen LogP contribution in [0.2, 0.25) is 0 Å². The SMILES string of the molecule is COc1cc([N+](=O)[O-])cc(C=C(C#N)c2ccc([N+](=O)[O-])cc2)c1O. The van der Waals surface area contributed by atoms with Crippen LogP contribution < -0.4 is 4.74 Å². The third-order valence-electron chi connectivity index (χ3n) is 3.33. The minimum absolute atomic E-state index is 0.0148. The Balaban J connectivity index is 2.56. The normalized spacial score (nSPS) is 10.8. The van der Waals surface area contributed by atoms with Gasteiger partial charge in [0.1, 0.15) is 0 Å². The lowest BCUT2D eigenvalue weighted by Crippen LogP contribution is -1.93. The molecule has 0 bridgehead atoms. The Morgan fingerprint density at radius 2 is 1.76 bits per heavy atom. The molecule has 2 aromatic rings. The molecule has 0 aliphatic rings. The number of aromatic hydroxyl groups is 1. The average Bonchev–Trinajstić information content (AvgIpc) is 2.60. The number of nitro groups is 2. The third kappa shape index (κ3) is 3.70. The molecule has 0 spiro atoms.